The normalized spacial score (nSPS) is 10.0. The van der Waals surface area contributed by atoms with Gasteiger partial charge < -0.3 is 10.1 Å². The number of ether oxygens (including phenoxy) is 1. The van der Waals surface area contributed by atoms with Crippen LogP contribution in [0.1, 0.15) is 24.5 Å². The minimum atomic E-state index is 0.706. The van der Waals surface area contributed by atoms with Gasteiger partial charge in [0.15, 0.2) is 0 Å². The second kappa shape index (κ2) is 4.84. The molecule has 1 rings (SSSR count). The van der Waals surface area contributed by atoms with Crippen molar-refractivity contribution in [3.63, 3.8) is 0 Å². The zero-order chi connectivity index (χ0) is 10.6. The topological polar surface area (TPSA) is 34.1 Å². The van der Waals surface area contributed by atoms with Crippen molar-refractivity contribution in [3.8, 4) is 5.88 Å². The molecule has 0 aliphatic heterocycles. The predicted molar refractivity (Wildman–Crippen MR) is 59.0 cm³/mol. The van der Waals surface area contributed by atoms with E-state index in [-0.39, 0.29) is 0 Å². The zero-order valence-corrected chi connectivity index (χ0v) is 9.35. The molecule has 0 bridgehead atoms. The first-order valence-corrected chi connectivity index (χ1v) is 4.97. The summed E-state index contributed by atoms with van der Waals surface area (Å²) in [6.07, 6.45) is 2.85. The first-order valence-electron chi connectivity index (χ1n) is 4.97. The largest absolute Gasteiger partial charge is 0.476 e. The van der Waals surface area contributed by atoms with Crippen molar-refractivity contribution in [2.24, 2.45) is 0 Å². The SMILES string of the molecule is CCCOc1ncc(C)c(C)c1NC. The number of anilines is 1. The van der Waals surface area contributed by atoms with Crippen molar-refractivity contribution in [2.75, 3.05) is 19.0 Å². The maximum Gasteiger partial charge on any atom is 0.237 e. The number of aromatic nitrogens is 1. The van der Waals surface area contributed by atoms with Crippen LogP contribution in [0.2, 0.25) is 0 Å². The van der Waals surface area contributed by atoms with Crippen molar-refractivity contribution in [2.45, 2.75) is 27.2 Å². The Morgan fingerprint density at radius 1 is 1.43 bits per heavy atom. The molecule has 0 radical (unpaired) electrons. The van der Waals surface area contributed by atoms with E-state index >= 15 is 0 Å². The molecule has 14 heavy (non-hydrogen) atoms. The molecule has 0 aliphatic rings. The molecular formula is C11H18N2O. The summed E-state index contributed by atoms with van der Waals surface area (Å²) in [6, 6.07) is 0. The molecule has 0 atom stereocenters. The van der Waals surface area contributed by atoms with Crippen LogP contribution in [-0.2, 0) is 0 Å². The Hall–Kier alpha value is -1.25. The minimum absolute atomic E-state index is 0.706. The minimum Gasteiger partial charge on any atom is -0.476 e. The molecule has 0 spiro atoms. The van der Waals surface area contributed by atoms with Crippen molar-refractivity contribution in [3.05, 3.63) is 17.3 Å². The Kier molecular flexibility index (Phi) is 3.74. The Labute approximate surface area is 85.5 Å². The van der Waals surface area contributed by atoms with Gasteiger partial charge in [0.25, 0.3) is 0 Å². The molecule has 0 saturated carbocycles. The average molecular weight is 194 g/mol. The molecule has 1 N–H and O–H groups in total. The van der Waals surface area contributed by atoms with E-state index in [2.05, 4.69) is 24.1 Å². The monoisotopic (exact) mass is 194 g/mol. The van der Waals surface area contributed by atoms with Crippen LogP contribution in [0.3, 0.4) is 0 Å². The van der Waals surface area contributed by atoms with Gasteiger partial charge in [-0.2, -0.15) is 0 Å². The molecule has 0 amide bonds. The van der Waals surface area contributed by atoms with E-state index in [0.29, 0.717) is 12.5 Å². The smallest absolute Gasteiger partial charge is 0.237 e. The van der Waals surface area contributed by atoms with Gasteiger partial charge in [-0.05, 0) is 31.4 Å². The van der Waals surface area contributed by atoms with Gasteiger partial charge in [0, 0.05) is 13.2 Å². The van der Waals surface area contributed by atoms with Gasteiger partial charge in [-0.1, -0.05) is 6.92 Å². The Morgan fingerprint density at radius 2 is 2.14 bits per heavy atom. The molecule has 3 heteroatoms. The molecule has 0 saturated heterocycles. The van der Waals surface area contributed by atoms with Crippen LogP contribution in [0.4, 0.5) is 5.69 Å². The lowest BCUT2D eigenvalue weighted by Gasteiger charge is -2.13. The second-order valence-electron chi connectivity index (χ2n) is 3.34. The van der Waals surface area contributed by atoms with E-state index in [1.54, 1.807) is 0 Å². The molecule has 1 aromatic heterocycles. The van der Waals surface area contributed by atoms with Crippen LogP contribution in [0, 0.1) is 13.8 Å². The van der Waals surface area contributed by atoms with Crippen molar-refractivity contribution in [1.82, 2.24) is 4.98 Å². The third kappa shape index (κ3) is 2.16. The number of hydrogen-bond acceptors (Lipinski definition) is 3. The van der Waals surface area contributed by atoms with Crippen LogP contribution in [0.15, 0.2) is 6.20 Å². The average Bonchev–Trinajstić information content (AvgIpc) is 2.20. The van der Waals surface area contributed by atoms with Gasteiger partial charge in [-0.3, -0.25) is 0 Å². The lowest BCUT2D eigenvalue weighted by molar-refractivity contribution is 0.306. The Balaban J connectivity index is 2.98. The highest BCUT2D eigenvalue weighted by molar-refractivity contribution is 5.60. The van der Waals surface area contributed by atoms with E-state index in [1.165, 1.54) is 11.1 Å². The number of aryl methyl sites for hydroxylation is 1. The Bertz CT molecular complexity index is 310. The first kappa shape index (κ1) is 10.8. The number of nitrogens with one attached hydrogen (secondary N) is 1. The van der Waals surface area contributed by atoms with Gasteiger partial charge in [-0.25, -0.2) is 4.98 Å². The lowest BCUT2D eigenvalue weighted by atomic mass is 10.1. The van der Waals surface area contributed by atoms with E-state index < -0.39 is 0 Å². The summed E-state index contributed by atoms with van der Waals surface area (Å²) in [5.41, 5.74) is 3.38. The standard InChI is InChI=1S/C11H18N2O/c1-5-6-14-11-10(12-4)9(3)8(2)7-13-11/h7,12H,5-6H2,1-4H3. The maximum absolute atomic E-state index is 5.54. The number of nitrogens with zero attached hydrogens (tertiary/aromatic N) is 1. The van der Waals surface area contributed by atoms with Gasteiger partial charge >= 0.3 is 0 Å². The third-order valence-corrected chi connectivity index (χ3v) is 2.25. The summed E-state index contributed by atoms with van der Waals surface area (Å²) in [6.45, 7) is 6.92. The highest BCUT2D eigenvalue weighted by Gasteiger charge is 2.08. The molecule has 0 fully saturated rings. The highest BCUT2D eigenvalue weighted by atomic mass is 16.5. The fraction of sp³-hybridized carbons (Fsp3) is 0.545. The second-order valence-corrected chi connectivity index (χ2v) is 3.34. The third-order valence-electron chi connectivity index (χ3n) is 2.25. The number of hydrogen-bond donors (Lipinski definition) is 1. The fourth-order valence-electron chi connectivity index (χ4n) is 1.28. The zero-order valence-electron chi connectivity index (χ0n) is 9.35. The summed E-state index contributed by atoms with van der Waals surface area (Å²) in [5.74, 6) is 0.706. The highest BCUT2D eigenvalue weighted by Crippen LogP contribution is 2.27. The van der Waals surface area contributed by atoms with Gasteiger partial charge in [0.1, 0.15) is 5.69 Å². The number of rotatable bonds is 4. The fourth-order valence-corrected chi connectivity index (χ4v) is 1.28. The van der Waals surface area contributed by atoms with E-state index in [4.69, 9.17) is 4.74 Å². The van der Waals surface area contributed by atoms with Crippen molar-refractivity contribution >= 4 is 5.69 Å². The summed E-state index contributed by atoms with van der Waals surface area (Å²) in [4.78, 5) is 4.26. The first-order chi connectivity index (χ1) is 6.70. The maximum atomic E-state index is 5.54. The molecule has 0 aromatic carbocycles. The quantitative estimate of drug-likeness (QED) is 0.799. The predicted octanol–water partition coefficient (Wildman–Crippen LogP) is 2.53. The van der Waals surface area contributed by atoms with Crippen LogP contribution < -0.4 is 10.1 Å². The molecule has 0 aliphatic carbocycles. The molecular weight excluding hydrogens is 176 g/mol. The Morgan fingerprint density at radius 3 is 2.71 bits per heavy atom. The molecule has 1 aromatic rings. The summed E-state index contributed by atoms with van der Waals surface area (Å²) in [7, 11) is 1.89. The van der Waals surface area contributed by atoms with Gasteiger partial charge in [0.05, 0.1) is 6.61 Å². The van der Waals surface area contributed by atoms with E-state index in [0.717, 1.165) is 12.1 Å². The van der Waals surface area contributed by atoms with E-state index in [9.17, 15) is 0 Å². The molecule has 3 nitrogen and oxygen atoms in total. The number of pyridine rings is 1. The van der Waals surface area contributed by atoms with Crippen molar-refractivity contribution in [1.29, 1.82) is 0 Å². The van der Waals surface area contributed by atoms with Crippen molar-refractivity contribution < 1.29 is 4.74 Å². The molecule has 0 unspecified atom stereocenters. The molecule has 1 heterocycles. The van der Waals surface area contributed by atoms with E-state index in [1.807, 2.05) is 20.2 Å². The molecule has 78 valence electrons. The van der Waals surface area contributed by atoms with Crippen LogP contribution >= 0.6 is 0 Å². The van der Waals surface area contributed by atoms with Crippen LogP contribution in [0.5, 0.6) is 5.88 Å². The van der Waals surface area contributed by atoms with Gasteiger partial charge in [-0.15, -0.1) is 0 Å². The summed E-state index contributed by atoms with van der Waals surface area (Å²) >= 11 is 0. The lowest BCUT2D eigenvalue weighted by Crippen LogP contribution is -2.04. The summed E-state index contributed by atoms with van der Waals surface area (Å²) < 4.78 is 5.54. The van der Waals surface area contributed by atoms with Crippen LogP contribution in [-0.4, -0.2) is 18.6 Å². The van der Waals surface area contributed by atoms with Gasteiger partial charge in [0.2, 0.25) is 5.88 Å². The summed E-state index contributed by atoms with van der Waals surface area (Å²) in [5, 5.41) is 3.13. The van der Waals surface area contributed by atoms with Crippen LogP contribution in [0.25, 0.3) is 0 Å².